The smallest absolute Gasteiger partial charge is 0.209 e. The number of rotatable bonds is 2. The molecule has 0 fully saturated rings. The molecule has 0 amide bonds. The molecule has 5 heteroatoms. The highest BCUT2D eigenvalue weighted by atomic mass is 16.1. The van der Waals surface area contributed by atoms with E-state index in [4.69, 9.17) is 4.98 Å². The lowest BCUT2D eigenvalue weighted by Crippen LogP contribution is -2.06. The number of aromatic amines is 1. The van der Waals surface area contributed by atoms with E-state index in [1.54, 1.807) is 12.4 Å². The van der Waals surface area contributed by atoms with E-state index < -0.39 is 0 Å². The van der Waals surface area contributed by atoms with Crippen molar-refractivity contribution in [2.75, 3.05) is 0 Å². The lowest BCUT2D eigenvalue weighted by Gasteiger charge is -2.10. The Morgan fingerprint density at radius 2 is 1.56 bits per heavy atom. The van der Waals surface area contributed by atoms with Gasteiger partial charge < -0.3 is 4.98 Å². The highest BCUT2D eigenvalue weighted by Gasteiger charge is 2.15. The number of para-hydroxylation sites is 1. The third kappa shape index (κ3) is 2.66. The second kappa shape index (κ2) is 6.14. The average molecular weight is 350 g/mol. The maximum Gasteiger partial charge on any atom is 0.209 e. The van der Waals surface area contributed by atoms with Gasteiger partial charge in [-0.2, -0.15) is 0 Å². The van der Waals surface area contributed by atoms with Crippen LogP contribution in [0.15, 0.2) is 83.9 Å². The maximum absolute atomic E-state index is 12.3. The van der Waals surface area contributed by atoms with Crippen LogP contribution in [0.1, 0.15) is 0 Å². The fourth-order valence-electron chi connectivity index (χ4n) is 3.18. The molecule has 5 aromatic rings. The lowest BCUT2D eigenvalue weighted by atomic mass is 10.0. The van der Waals surface area contributed by atoms with Crippen LogP contribution in [0.5, 0.6) is 0 Å². The summed E-state index contributed by atoms with van der Waals surface area (Å²) in [5.74, 6) is 0. The van der Waals surface area contributed by atoms with Gasteiger partial charge in [0.1, 0.15) is 0 Å². The van der Waals surface area contributed by atoms with Crippen LogP contribution < -0.4 is 5.43 Å². The van der Waals surface area contributed by atoms with E-state index in [0.717, 1.165) is 22.0 Å². The summed E-state index contributed by atoms with van der Waals surface area (Å²) in [6.45, 7) is 0. The predicted octanol–water partition coefficient (Wildman–Crippen LogP) is 4.20. The Morgan fingerprint density at radius 3 is 2.44 bits per heavy atom. The molecule has 0 radical (unpaired) electrons. The van der Waals surface area contributed by atoms with E-state index >= 15 is 0 Å². The standard InChI is InChI=1S/C22H14N4O/c27-18-10-11-23-22-21(18)25-20(19(26-22)14-6-2-1-3-7-14)16-12-15-8-4-5-9-17(15)24-13-16/h1-13H,(H,23,26,27). The van der Waals surface area contributed by atoms with Crippen molar-refractivity contribution in [3.63, 3.8) is 0 Å². The van der Waals surface area contributed by atoms with Crippen molar-refractivity contribution in [1.29, 1.82) is 0 Å². The van der Waals surface area contributed by atoms with Crippen LogP contribution in [-0.2, 0) is 0 Å². The van der Waals surface area contributed by atoms with Crippen LogP contribution in [0.2, 0.25) is 0 Å². The van der Waals surface area contributed by atoms with Crippen LogP contribution >= 0.6 is 0 Å². The molecule has 0 aliphatic rings. The first-order chi connectivity index (χ1) is 13.3. The summed E-state index contributed by atoms with van der Waals surface area (Å²) < 4.78 is 0. The van der Waals surface area contributed by atoms with Gasteiger partial charge in [-0.3, -0.25) is 9.78 Å². The average Bonchev–Trinajstić information content (AvgIpc) is 2.73. The van der Waals surface area contributed by atoms with Crippen LogP contribution in [0.4, 0.5) is 0 Å². The minimum Gasteiger partial charge on any atom is -0.345 e. The van der Waals surface area contributed by atoms with Crippen LogP contribution in [0.25, 0.3) is 44.6 Å². The zero-order chi connectivity index (χ0) is 18.2. The van der Waals surface area contributed by atoms with Crippen molar-refractivity contribution in [2.45, 2.75) is 0 Å². The Kier molecular flexibility index (Phi) is 3.50. The number of benzene rings is 2. The molecule has 1 N–H and O–H groups in total. The highest BCUT2D eigenvalue weighted by molar-refractivity contribution is 5.88. The second-order valence-corrected chi connectivity index (χ2v) is 6.24. The van der Waals surface area contributed by atoms with Crippen molar-refractivity contribution in [1.82, 2.24) is 19.9 Å². The molecule has 2 aromatic carbocycles. The summed E-state index contributed by atoms with van der Waals surface area (Å²) in [5, 5.41) is 1.01. The minimum absolute atomic E-state index is 0.161. The summed E-state index contributed by atoms with van der Waals surface area (Å²) in [7, 11) is 0. The molecule has 3 heterocycles. The summed E-state index contributed by atoms with van der Waals surface area (Å²) >= 11 is 0. The fourth-order valence-corrected chi connectivity index (χ4v) is 3.18. The van der Waals surface area contributed by atoms with Crippen LogP contribution in [0.3, 0.4) is 0 Å². The Morgan fingerprint density at radius 1 is 0.778 bits per heavy atom. The van der Waals surface area contributed by atoms with Gasteiger partial charge in [-0.25, -0.2) is 9.97 Å². The highest BCUT2D eigenvalue weighted by Crippen LogP contribution is 2.30. The minimum atomic E-state index is -0.161. The molecule has 0 atom stereocenters. The van der Waals surface area contributed by atoms with Crippen molar-refractivity contribution in [2.24, 2.45) is 0 Å². The third-order valence-corrected chi connectivity index (χ3v) is 4.50. The van der Waals surface area contributed by atoms with Gasteiger partial charge in [0.05, 0.1) is 16.9 Å². The topological polar surface area (TPSA) is 71.5 Å². The van der Waals surface area contributed by atoms with Gasteiger partial charge in [0.2, 0.25) is 5.43 Å². The van der Waals surface area contributed by atoms with E-state index in [0.29, 0.717) is 22.6 Å². The van der Waals surface area contributed by atoms with E-state index in [-0.39, 0.29) is 5.43 Å². The summed E-state index contributed by atoms with van der Waals surface area (Å²) in [5.41, 5.74) is 4.65. The molecule has 3 aromatic heterocycles. The summed E-state index contributed by atoms with van der Waals surface area (Å²) in [6.07, 6.45) is 3.37. The van der Waals surface area contributed by atoms with Gasteiger partial charge in [-0.05, 0) is 12.1 Å². The van der Waals surface area contributed by atoms with Crippen molar-refractivity contribution >= 4 is 22.1 Å². The quantitative estimate of drug-likeness (QED) is 0.518. The largest absolute Gasteiger partial charge is 0.345 e. The predicted molar refractivity (Wildman–Crippen MR) is 106 cm³/mol. The number of pyridine rings is 2. The monoisotopic (exact) mass is 350 g/mol. The molecule has 0 saturated carbocycles. The molecule has 0 aliphatic heterocycles. The molecule has 0 spiro atoms. The summed E-state index contributed by atoms with van der Waals surface area (Å²) in [6, 6.07) is 21.2. The SMILES string of the molecule is O=c1cc[nH]c2nc(-c3ccccc3)c(-c3cnc4ccccc4c3)nc12. The fraction of sp³-hybridized carbons (Fsp3) is 0. The van der Waals surface area contributed by atoms with E-state index in [2.05, 4.69) is 15.0 Å². The molecule has 5 rings (SSSR count). The summed E-state index contributed by atoms with van der Waals surface area (Å²) in [4.78, 5) is 29.2. The first kappa shape index (κ1) is 15.4. The van der Waals surface area contributed by atoms with Crippen molar-refractivity contribution in [3.05, 3.63) is 89.3 Å². The van der Waals surface area contributed by atoms with Crippen LogP contribution in [0, 0.1) is 0 Å². The van der Waals surface area contributed by atoms with Crippen molar-refractivity contribution in [3.8, 4) is 22.5 Å². The zero-order valence-electron chi connectivity index (χ0n) is 14.3. The molecule has 0 bridgehead atoms. The number of fused-ring (bicyclic) bond motifs is 2. The van der Waals surface area contributed by atoms with Gasteiger partial charge >= 0.3 is 0 Å². The third-order valence-electron chi connectivity index (χ3n) is 4.50. The number of aromatic nitrogens is 4. The molecule has 0 aliphatic carbocycles. The van der Waals surface area contributed by atoms with Gasteiger partial charge in [-0.1, -0.05) is 48.5 Å². The van der Waals surface area contributed by atoms with E-state index in [9.17, 15) is 4.79 Å². The number of hydrogen-bond acceptors (Lipinski definition) is 4. The number of nitrogens with one attached hydrogen (secondary N) is 1. The van der Waals surface area contributed by atoms with Gasteiger partial charge in [0.25, 0.3) is 0 Å². The van der Waals surface area contributed by atoms with Gasteiger partial charge in [0, 0.05) is 35.0 Å². The van der Waals surface area contributed by atoms with E-state index in [1.807, 2.05) is 60.7 Å². The lowest BCUT2D eigenvalue weighted by molar-refractivity contribution is 1.21. The second-order valence-electron chi connectivity index (χ2n) is 6.24. The molecule has 0 saturated heterocycles. The molecule has 128 valence electrons. The molecule has 5 nitrogen and oxygen atoms in total. The Balaban J connectivity index is 1.85. The van der Waals surface area contributed by atoms with Gasteiger partial charge in [-0.15, -0.1) is 0 Å². The molecular formula is C22H14N4O. The number of H-pyrrole nitrogens is 1. The first-order valence-corrected chi connectivity index (χ1v) is 8.60. The number of hydrogen-bond donors (Lipinski definition) is 1. The molecule has 0 unspecified atom stereocenters. The van der Waals surface area contributed by atoms with Crippen molar-refractivity contribution < 1.29 is 0 Å². The van der Waals surface area contributed by atoms with Gasteiger partial charge in [0.15, 0.2) is 11.2 Å². The zero-order valence-corrected chi connectivity index (χ0v) is 14.3. The number of nitrogens with zero attached hydrogens (tertiary/aromatic N) is 3. The van der Waals surface area contributed by atoms with Crippen LogP contribution in [-0.4, -0.2) is 19.9 Å². The van der Waals surface area contributed by atoms with E-state index in [1.165, 1.54) is 6.07 Å². The molecular weight excluding hydrogens is 336 g/mol. The maximum atomic E-state index is 12.3. The first-order valence-electron chi connectivity index (χ1n) is 8.60. The normalized spacial score (nSPS) is 11.1. The molecule has 27 heavy (non-hydrogen) atoms. The Labute approximate surface area is 154 Å². The Hall–Kier alpha value is -3.86. The Bertz CT molecular complexity index is 1340.